The summed E-state index contributed by atoms with van der Waals surface area (Å²) in [5, 5.41) is 5.42. The van der Waals surface area contributed by atoms with Gasteiger partial charge in [0.2, 0.25) is 11.8 Å². The fraction of sp³-hybridized carbons (Fsp3) is 0.158. The van der Waals surface area contributed by atoms with Gasteiger partial charge in [0.25, 0.3) is 0 Å². The molecule has 0 aliphatic carbocycles. The second-order valence-corrected chi connectivity index (χ2v) is 5.33. The van der Waals surface area contributed by atoms with Crippen LogP contribution in [0.1, 0.15) is 18.1 Å². The Kier molecular flexibility index (Phi) is 5.73. The van der Waals surface area contributed by atoms with E-state index in [-0.39, 0.29) is 11.8 Å². The van der Waals surface area contributed by atoms with Gasteiger partial charge in [0.1, 0.15) is 5.75 Å². The second kappa shape index (κ2) is 7.97. The Morgan fingerprint density at radius 3 is 2.38 bits per heavy atom. The lowest BCUT2D eigenvalue weighted by Gasteiger charge is -2.11. The van der Waals surface area contributed by atoms with Crippen LogP contribution in [0.4, 0.5) is 11.4 Å². The summed E-state index contributed by atoms with van der Waals surface area (Å²) in [6.07, 6.45) is 3.21. The molecule has 2 aromatic carbocycles. The molecule has 124 valence electrons. The maximum Gasteiger partial charge on any atom is 0.248 e. The molecule has 0 unspecified atom stereocenters. The molecule has 0 spiro atoms. The van der Waals surface area contributed by atoms with Crippen molar-refractivity contribution >= 4 is 29.3 Å². The highest BCUT2D eigenvalue weighted by Gasteiger charge is 2.07. The van der Waals surface area contributed by atoms with Crippen molar-refractivity contribution in [1.29, 1.82) is 0 Å². The first-order valence-corrected chi connectivity index (χ1v) is 7.49. The maximum atomic E-state index is 12.0. The molecule has 5 nitrogen and oxygen atoms in total. The van der Waals surface area contributed by atoms with Crippen molar-refractivity contribution in [3.8, 4) is 5.75 Å². The predicted molar refractivity (Wildman–Crippen MR) is 96.1 cm³/mol. The molecule has 0 saturated carbocycles. The van der Waals surface area contributed by atoms with E-state index in [0.29, 0.717) is 17.1 Å². The highest BCUT2D eigenvalue weighted by atomic mass is 16.5. The molecule has 2 rings (SSSR count). The summed E-state index contributed by atoms with van der Waals surface area (Å²) in [5.41, 5.74) is 3.19. The van der Waals surface area contributed by atoms with Gasteiger partial charge in [-0.15, -0.1) is 0 Å². The molecule has 0 aliphatic rings. The van der Waals surface area contributed by atoms with Gasteiger partial charge in [-0.05, 0) is 36.8 Å². The Labute approximate surface area is 141 Å². The lowest BCUT2D eigenvalue weighted by atomic mass is 10.1. The van der Waals surface area contributed by atoms with Crippen LogP contribution in [0.2, 0.25) is 0 Å². The topological polar surface area (TPSA) is 67.4 Å². The molecule has 0 fully saturated rings. The van der Waals surface area contributed by atoms with E-state index in [1.807, 2.05) is 31.2 Å². The number of hydrogen-bond acceptors (Lipinski definition) is 3. The van der Waals surface area contributed by atoms with Gasteiger partial charge in [0.15, 0.2) is 0 Å². The molecule has 5 heteroatoms. The summed E-state index contributed by atoms with van der Waals surface area (Å²) in [4.78, 5) is 23.3. The molecule has 2 N–H and O–H groups in total. The number of aryl methyl sites for hydroxylation is 1. The van der Waals surface area contributed by atoms with Crippen molar-refractivity contribution < 1.29 is 14.3 Å². The fourth-order valence-corrected chi connectivity index (χ4v) is 2.11. The van der Waals surface area contributed by atoms with Crippen LogP contribution in [0.25, 0.3) is 6.08 Å². The summed E-state index contributed by atoms with van der Waals surface area (Å²) >= 11 is 0. The molecular formula is C19H20N2O3. The van der Waals surface area contributed by atoms with Crippen molar-refractivity contribution in [2.75, 3.05) is 17.7 Å². The summed E-state index contributed by atoms with van der Waals surface area (Å²) < 4.78 is 5.18. The lowest BCUT2D eigenvalue weighted by Crippen LogP contribution is -2.10. The largest absolute Gasteiger partial charge is 0.495 e. The Bertz CT molecular complexity index is 765. The first kappa shape index (κ1) is 17.3. The predicted octanol–water partition coefficient (Wildman–Crippen LogP) is 3.61. The molecule has 2 amide bonds. The zero-order valence-corrected chi connectivity index (χ0v) is 13.9. The SMILES string of the molecule is COc1ccc(NC(=O)/C=C/c2ccc(C)cc2)cc1NC(C)=O. The first-order valence-electron chi connectivity index (χ1n) is 7.49. The molecule has 24 heavy (non-hydrogen) atoms. The number of anilines is 2. The van der Waals surface area contributed by atoms with Gasteiger partial charge >= 0.3 is 0 Å². The van der Waals surface area contributed by atoms with Crippen molar-refractivity contribution in [3.63, 3.8) is 0 Å². The number of methoxy groups -OCH3 is 1. The molecule has 2 aromatic rings. The van der Waals surface area contributed by atoms with Gasteiger partial charge in [-0.3, -0.25) is 9.59 Å². The highest BCUT2D eigenvalue weighted by Crippen LogP contribution is 2.27. The van der Waals surface area contributed by atoms with E-state index in [9.17, 15) is 9.59 Å². The normalized spacial score (nSPS) is 10.5. The van der Waals surface area contributed by atoms with Gasteiger partial charge in [-0.1, -0.05) is 29.8 Å². The van der Waals surface area contributed by atoms with Crippen molar-refractivity contribution in [1.82, 2.24) is 0 Å². The minimum atomic E-state index is -0.255. The van der Waals surface area contributed by atoms with Gasteiger partial charge in [0.05, 0.1) is 12.8 Å². The van der Waals surface area contributed by atoms with Crippen LogP contribution < -0.4 is 15.4 Å². The standard InChI is InChI=1S/C19H20N2O3/c1-13-4-6-15(7-5-13)8-11-19(23)21-16-9-10-18(24-3)17(12-16)20-14(2)22/h4-12H,1-3H3,(H,20,22)(H,21,23)/b11-8+. The average molecular weight is 324 g/mol. The van der Waals surface area contributed by atoms with Crippen molar-refractivity contribution in [2.24, 2.45) is 0 Å². The van der Waals surface area contributed by atoms with Gasteiger partial charge < -0.3 is 15.4 Å². The number of hydrogen-bond donors (Lipinski definition) is 2. The minimum Gasteiger partial charge on any atom is -0.495 e. The number of carbonyl (C=O) groups is 2. The van der Waals surface area contributed by atoms with E-state index >= 15 is 0 Å². The molecule has 0 aliphatic heterocycles. The van der Waals surface area contributed by atoms with Crippen molar-refractivity contribution in [3.05, 3.63) is 59.7 Å². The maximum absolute atomic E-state index is 12.0. The van der Waals surface area contributed by atoms with E-state index in [4.69, 9.17) is 4.74 Å². The summed E-state index contributed by atoms with van der Waals surface area (Å²) in [6.45, 7) is 3.42. The monoisotopic (exact) mass is 324 g/mol. The molecular weight excluding hydrogens is 304 g/mol. The first-order chi connectivity index (χ1) is 11.5. The Balaban J connectivity index is 2.08. The van der Waals surface area contributed by atoms with Crippen LogP contribution in [0.15, 0.2) is 48.5 Å². The Hall–Kier alpha value is -3.08. The smallest absolute Gasteiger partial charge is 0.248 e. The number of benzene rings is 2. The van der Waals surface area contributed by atoms with Crippen LogP contribution >= 0.6 is 0 Å². The van der Waals surface area contributed by atoms with E-state index < -0.39 is 0 Å². The number of nitrogens with one attached hydrogen (secondary N) is 2. The summed E-state index contributed by atoms with van der Waals surface area (Å²) in [7, 11) is 1.52. The molecule has 0 aromatic heterocycles. The quantitative estimate of drug-likeness (QED) is 0.826. The number of ether oxygens (including phenoxy) is 1. The molecule has 0 bridgehead atoms. The van der Waals surface area contributed by atoms with Gasteiger partial charge in [-0.25, -0.2) is 0 Å². The molecule has 0 radical (unpaired) electrons. The third kappa shape index (κ3) is 4.98. The fourth-order valence-electron chi connectivity index (χ4n) is 2.11. The van der Waals surface area contributed by atoms with Crippen LogP contribution in [0.3, 0.4) is 0 Å². The minimum absolute atomic E-state index is 0.212. The molecule has 0 heterocycles. The number of rotatable bonds is 5. The number of carbonyl (C=O) groups excluding carboxylic acids is 2. The molecule has 0 atom stereocenters. The van der Waals surface area contributed by atoms with E-state index in [1.165, 1.54) is 25.7 Å². The zero-order valence-electron chi connectivity index (χ0n) is 13.9. The average Bonchev–Trinajstić information content (AvgIpc) is 2.54. The highest BCUT2D eigenvalue weighted by molar-refractivity contribution is 6.02. The van der Waals surface area contributed by atoms with Gasteiger partial charge in [-0.2, -0.15) is 0 Å². The van der Waals surface area contributed by atoms with Crippen LogP contribution in [0, 0.1) is 6.92 Å². The zero-order chi connectivity index (χ0) is 17.5. The van der Waals surface area contributed by atoms with Crippen LogP contribution in [-0.2, 0) is 9.59 Å². The third-order valence-corrected chi connectivity index (χ3v) is 3.28. The summed E-state index contributed by atoms with van der Waals surface area (Å²) in [6, 6.07) is 12.9. The van der Waals surface area contributed by atoms with E-state index in [2.05, 4.69) is 10.6 Å². The summed E-state index contributed by atoms with van der Waals surface area (Å²) in [5.74, 6) is 0.0592. The van der Waals surface area contributed by atoms with E-state index in [0.717, 1.165) is 5.56 Å². The number of amides is 2. The van der Waals surface area contributed by atoms with E-state index in [1.54, 1.807) is 24.3 Å². The van der Waals surface area contributed by atoms with Crippen LogP contribution in [0.5, 0.6) is 5.75 Å². The van der Waals surface area contributed by atoms with Crippen LogP contribution in [-0.4, -0.2) is 18.9 Å². The van der Waals surface area contributed by atoms with Gasteiger partial charge in [0, 0.05) is 18.7 Å². The van der Waals surface area contributed by atoms with Crippen molar-refractivity contribution in [2.45, 2.75) is 13.8 Å². The molecule has 0 saturated heterocycles. The Morgan fingerprint density at radius 1 is 1.04 bits per heavy atom. The Morgan fingerprint density at radius 2 is 1.75 bits per heavy atom. The lowest BCUT2D eigenvalue weighted by molar-refractivity contribution is -0.114. The second-order valence-electron chi connectivity index (χ2n) is 5.33. The third-order valence-electron chi connectivity index (χ3n) is 3.28.